The normalized spacial score (nSPS) is 10.8. The van der Waals surface area contributed by atoms with Gasteiger partial charge in [-0.25, -0.2) is 5.43 Å². The zero-order chi connectivity index (χ0) is 14.4. The summed E-state index contributed by atoms with van der Waals surface area (Å²) in [4.78, 5) is 12.5. The number of aryl methyl sites for hydroxylation is 1. The monoisotopic (exact) mass is 290 g/mol. The molecule has 5 nitrogen and oxygen atoms in total. The number of rotatable bonds is 5. The quantitative estimate of drug-likeness (QED) is 0.449. The van der Waals surface area contributed by atoms with Crippen LogP contribution < -0.4 is 5.43 Å². The number of nitrogens with zero attached hydrogens (tertiary/aromatic N) is 1. The summed E-state index contributed by atoms with van der Waals surface area (Å²) in [5, 5.41) is 24.3. The second-order valence-electron chi connectivity index (χ2n) is 4.13. The molecule has 3 N–H and O–H groups in total. The van der Waals surface area contributed by atoms with Crippen LogP contribution >= 0.6 is 11.3 Å². The minimum atomic E-state index is -0.203. The van der Waals surface area contributed by atoms with Crippen molar-refractivity contribution in [3.05, 3.63) is 46.2 Å². The molecule has 2 rings (SSSR count). The van der Waals surface area contributed by atoms with Crippen molar-refractivity contribution in [1.29, 1.82) is 0 Å². The highest BCUT2D eigenvalue weighted by Gasteiger charge is 2.04. The van der Waals surface area contributed by atoms with Crippen molar-refractivity contribution in [3.63, 3.8) is 0 Å². The van der Waals surface area contributed by atoms with Crippen molar-refractivity contribution in [2.45, 2.75) is 12.8 Å². The summed E-state index contributed by atoms with van der Waals surface area (Å²) in [7, 11) is 0. The van der Waals surface area contributed by atoms with Gasteiger partial charge in [-0.05, 0) is 35.6 Å². The van der Waals surface area contributed by atoms with Crippen LogP contribution in [0.4, 0.5) is 0 Å². The van der Waals surface area contributed by atoms with Gasteiger partial charge in [-0.2, -0.15) is 5.10 Å². The zero-order valence-electron chi connectivity index (χ0n) is 10.6. The number of amides is 1. The van der Waals surface area contributed by atoms with E-state index in [0.717, 1.165) is 10.4 Å². The Hall–Kier alpha value is -2.34. The van der Waals surface area contributed by atoms with E-state index in [2.05, 4.69) is 10.5 Å². The molecule has 0 spiro atoms. The van der Waals surface area contributed by atoms with E-state index in [9.17, 15) is 15.0 Å². The SMILES string of the molecule is O=C(CCc1ccc(O)c(O)c1)NN=Cc1cccs1. The lowest BCUT2D eigenvalue weighted by Crippen LogP contribution is -2.17. The van der Waals surface area contributed by atoms with Crippen molar-refractivity contribution in [2.24, 2.45) is 5.10 Å². The van der Waals surface area contributed by atoms with Gasteiger partial charge in [-0.15, -0.1) is 11.3 Å². The molecule has 0 unspecified atom stereocenters. The fourth-order valence-corrected chi connectivity index (χ4v) is 2.16. The summed E-state index contributed by atoms with van der Waals surface area (Å²) >= 11 is 1.54. The lowest BCUT2D eigenvalue weighted by Gasteiger charge is -2.03. The Bertz CT molecular complexity index is 609. The van der Waals surface area contributed by atoms with Gasteiger partial charge in [0.2, 0.25) is 5.91 Å². The molecule has 2 aromatic rings. The molecular formula is C14H14N2O3S. The minimum Gasteiger partial charge on any atom is -0.504 e. The molecule has 0 aliphatic carbocycles. The molecule has 1 aromatic heterocycles. The molecular weight excluding hydrogens is 276 g/mol. The number of hydrogen-bond acceptors (Lipinski definition) is 5. The van der Waals surface area contributed by atoms with Crippen LogP contribution in [0.25, 0.3) is 0 Å². The van der Waals surface area contributed by atoms with Crippen molar-refractivity contribution in [2.75, 3.05) is 0 Å². The van der Waals surface area contributed by atoms with Gasteiger partial charge in [-0.1, -0.05) is 12.1 Å². The lowest BCUT2D eigenvalue weighted by atomic mass is 10.1. The first-order chi connectivity index (χ1) is 9.65. The van der Waals surface area contributed by atoms with Crippen LogP contribution in [0.2, 0.25) is 0 Å². The van der Waals surface area contributed by atoms with E-state index >= 15 is 0 Å². The molecule has 0 fully saturated rings. The van der Waals surface area contributed by atoms with Gasteiger partial charge in [0.15, 0.2) is 11.5 Å². The number of carbonyl (C=O) groups is 1. The van der Waals surface area contributed by atoms with Crippen LogP contribution in [0.1, 0.15) is 16.9 Å². The molecule has 1 heterocycles. The summed E-state index contributed by atoms with van der Waals surface area (Å²) in [5.74, 6) is -0.553. The number of phenols is 2. The molecule has 0 saturated carbocycles. The summed E-state index contributed by atoms with van der Waals surface area (Å²) in [5.41, 5.74) is 3.22. The summed E-state index contributed by atoms with van der Waals surface area (Å²) in [6.45, 7) is 0. The van der Waals surface area contributed by atoms with Gasteiger partial charge in [0.25, 0.3) is 0 Å². The molecule has 104 valence electrons. The average molecular weight is 290 g/mol. The van der Waals surface area contributed by atoms with Crippen LogP contribution in [0.15, 0.2) is 40.8 Å². The van der Waals surface area contributed by atoms with Crippen molar-refractivity contribution >= 4 is 23.5 Å². The molecule has 0 atom stereocenters. The molecule has 0 aliphatic heterocycles. The molecule has 1 amide bonds. The average Bonchev–Trinajstić information content (AvgIpc) is 2.93. The van der Waals surface area contributed by atoms with Crippen LogP contribution in [-0.4, -0.2) is 22.3 Å². The Balaban J connectivity index is 1.78. The van der Waals surface area contributed by atoms with E-state index in [0.29, 0.717) is 6.42 Å². The molecule has 6 heteroatoms. The van der Waals surface area contributed by atoms with Crippen LogP contribution in [0.3, 0.4) is 0 Å². The molecule has 0 aliphatic rings. The van der Waals surface area contributed by atoms with Gasteiger partial charge in [0, 0.05) is 11.3 Å². The number of benzene rings is 1. The number of thiophene rings is 1. The summed E-state index contributed by atoms with van der Waals surface area (Å²) in [6, 6.07) is 8.32. The maximum absolute atomic E-state index is 11.6. The number of phenolic OH excluding ortho intramolecular Hbond substituents is 2. The van der Waals surface area contributed by atoms with Crippen molar-refractivity contribution in [1.82, 2.24) is 5.43 Å². The third kappa shape index (κ3) is 4.10. The third-order valence-electron chi connectivity index (χ3n) is 2.60. The van der Waals surface area contributed by atoms with E-state index < -0.39 is 0 Å². The van der Waals surface area contributed by atoms with Gasteiger partial charge in [0.05, 0.1) is 6.21 Å². The number of carbonyl (C=O) groups excluding carboxylic acids is 1. The van der Waals surface area contributed by atoms with Gasteiger partial charge in [-0.3, -0.25) is 4.79 Å². The second-order valence-corrected chi connectivity index (χ2v) is 5.11. The number of nitrogens with one attached hydrogen (secondary N) is 1. The third-order valence-corrected chi connectivity index (χ3v) is 3.41. The largest absolute Gasteiger partial charge is 0.504 e. The second kappa shape index (κ2) is 6.72. The predicted octanol–water partition coefficient (Wildman–Crippen LogP) is 2.24. The Kier molecular flexibility index (Phi) is 4.73. The molecule has 0 radical (unpaired) electrons. The highest BCUT2D eigenvalue weighted by Crippen LogP contribution is 2.25. The fourth-order valence-electron chi connectivity index (χ4n) is 1.57. The van der Waals surface area contributed by atoms with E-state index in [-0.39, 0.29) is 23.8 Å². The van der Waals surface area contributed by atoms with Gasteiger partial charge >= 0.3 is 0 Å². The minimum absolute atomic E-state index is 0.168. The van der Waals surface area contributed by atoms with Crippen molar-refractivity contribution in [3.8, 4) is 11.5 Å². The van der Waals surface area contributed by atoms with Gasteiger partial charge in [0.1, 0.15) is 0 Å². The van der Waals surface area contributed by atoms with Crippen LogP contribution in [0, 0.1) is 0 Å². The topological polar surface area (TPSA) is 81.9 Å². The van der Waals surface area contributed by atoms with Crippen LogP contribution in [-0.2, 0) is 11.2 Å². The smallest absolute Gasteiger partial charge is 0.240 e. The summed E-state index contributed by atoms with van der Waals surface area (Å²) in [6.07, 6.45) is 2.31. The van der Waals surface area contributed by atoms with E-state index in [1.165, 1.54) is 23.5 Å². The zero-order valence-corrected chi connectivity index (χ0v) is 11.4. The van der Waals surface area contributed by atoms with E-state index in [1.807, 2.05) is 17.5 Å². The van der Waals surface area contributed by atoms with E-state index in [1.54, 1.807) is 12.3 Å². The number of hydrogen-bond donors (Lipinski definition) is 3. The Morgan fingerprint density at radius 2 is 2.15 bits per heavy atom. The highest BCUT2D eigenvalue weighted by molar-refractivity contribution is 7.11. The summed E-state index contributed by atoms with van der Waals surface area (Å²) < 4.78 is 0. The highest BCUT2D eigenvalue weighted by atomic mass is 32.1. The standard InChI is InChI=1S/C14H14N2O3S/c17-12-5-3-10(8-13(12)18)4-6-14(19)16-15-9-11-2-1-7-20-11/h1-3,5,7-9,17-18H,4,6H2,(H,16,19). The number of aromatic hydroxyl groups is 2. The Morgan fingerprint density at radius 3 is 2.85 bits per heavy atom. The molecule has 0 saturated heterocycles. The number of hydrazone groups is 1. The lowest BCUT2D eigenvalue weighted by molar-refractivity contribution is -0.121. The van der Waals surface area contributed by atoms with E-state index in [4.69, 9.17) is 0 Å². The maximum Gasteiger partial charge on any atom is 0.240 e. The fraction of sp³-hybridized carbons (Fsp3) is 0.143. The first-order valence-electron chi connectivity index (χ1n) is 6.01. The first-order valence-corrected chi connectivity index (χ1v) is 6.89. The first kappa shape index (κ1) is 14.1. The maximum atomic E-state index is 11.6. The Labute approximate surface area is 120 Å². The predicted molar refractivity (Wildman–Crippen MR) is 78.1 cm³/mol. The molecule has 20 heavy (non-hydrogen) atoms. The van der Waals surface area contributed by atoms with Gasteiger partial charge < -0.3 is 10.2 Å². The molecule has 0 bridgehead atoms. The van der Waals surface area contributed by atoms with Crippen LogP contribution in [0.5, 0.6) is 11.5 Å². The Morgan fingerprint density at radius 1 is 1.30 bits per heavy atom. The van der Waals surface area contributed by atoms with Crippen molar-refractivity contribution < 1.29 is 15.0 Å². The molecule has 1 aromatic carbocycles.